The zero-order valence-electron chi connectivity index (χ0n) is 12.0. The lowest BCUT2D eigenvalue weighted by molar-refractivity contribution is -0.138. The summed E-state index contributed by atoms with van der Waals surface area (Å²) in [5, 5.41) is 9.50. The van der Waals surface area contributed by atoms with Gasteiger partial charge in [-0.2, -0.15) is 0 Å². The number of phenolic OH excluding ortho intramolecular Hbond substituents is 1. The average molecular weight is 363 g/mol. The molecule has 0 aromatic heterocycles. The van der Waals surface area contributed by atoms with E-state index < -0.39 is 5.97 Å². The molecule has 4 nitrogen and oxygen atoms in total. The van der Waals surface area contributed by atoms with Crippen LogP contribution in [0.25, 0.3) is 6.08 Å². The van der Waals surface area contributed by atoms with Crippen LogP contribution in [0, 0.1) is 0 Å². The summed E-state index contributed by atoms with van der Waals surface area (Å²) in [6.45, 7) is 0.198. The standard InChI is InChI=1S/C17H15BrO4/c1-21-16-10-12(6-8-15(16)19)7-9-17(20)22-11-13-4-2-3-5-14(13)18/h2-10,19H,11H2,1H3/b9-7+. The minimum absolute atomic E-state index is 0.0520. The summed E-state index contributed by atoms with van der Waals surface area (Å²) in [4.78, 5) is 11.7. The predicted molar refractivity (Wildman–Crippen MR) is 87.6 cm³/mol. The second-order valence-electron chi connectivity index (χ2n) is 4.46. The van der Waals surface area contributed by atoms with E-state index in [9.17, 15) is 9.90 Å². The van der Waals surface area contributed by atoms with E-state index in [1.807, 2.05) is 24.3 Å². The van der Waals surface area contributed by atoms with E-state index in [4.69, 9.17) is 9.47 Å². The SMILES string of the molecule is COc1cc(/C=C/C(=O)OCc2ccccc2Br)ccc1O. The van der Waals surface area contributed by atoms with Gasteiger partial charge in [0, 0.05) is 16.1 Å². The molecule has 0 bridgehead atoms. The molecule has 0 unspecified atom stereocenters. The molecule has 5 heteroatoms. The number of carbonyl (C=O) groups excluding carboxylic acids is 1. The van der Waals surface area contributed by atoms with Gasteiger partial charge in [-0.3, -0.25) is 0 Å². The topological polar surface area (TPSA) is 55.8 Å². The largest absolute Gasteiger partial charge is 0.504 e. The van der Waals surface area contributed by atoms with Gasteiger partial charge in [-0.05, 0) is 29.8 Å². The van der Waals surface area contributed by atoms with Crippen molar-refractivity contribution < 1.29 is 19.4 Å². The highest BCUT2D eigenvalue weighted by atomic mass is 79.9. The molecule has 0 spiro atoms. The predicted octanol–water partition coefficient (Wildman–Crippen LogP) is 3.92. The van der Waals surface area contributed by atoms with Gasteiger partial charge >= 0.3 is 5.97 Å². The Balaban J connectivity index is 1.95. The number of hydrogen-bond acceptors (Lipinski definition) is 4. The summed E-state index contributed by atoms with van der Waals surface area (Å²) in [5.41, 5.74) is 1.63. The third-order valence-corrected chi connectivity index (χ3v) is 3.72. The number of hydrogen-bond donors (Lipinski definition) is 1. The van der Waals surface area contributed by atoms with Crippen LogP contribution in [-0.2, 0) is 16.1 Å². The molecule has 0 fully saturated rings. The number of rotatable bonds is 5. The number of halogens is 1. The first-order valence-corrected chi connectivity index (χ1v) is 7.34. The van der Waals surface area contributed by atoms with E-state index in [2.05, 4.69) is 15.9 Å². The molecule has 0 saturated heterocycles. The Morgan fingerprint density at radius 2 is 2.05 bits per heavy atom. The second-order valence-corrected chi connectivity index (χ2v) is 5.32. The number of aromatic hydroxyl groups is 1. The summed E-state index contributed by atoms with van der Waals surface area (Å²) in [5.74, 6) is -0.0392. The maximum Gasteiger partial charge on any atom is 0.331 e. The average Bonchev–Trinajstić information content (AvgIpc) is 2.53. The number of carbonyl (C=O) groups is 1. The fourth-order valence-corrected chi connectivity index (χ4v) is 2.17. The van der Waals surface area contributed by atoms with Crippen molar-refractivity contribution in [3.63, 3.8) is 0 Å². The quantitative estimate of drug-likeness (QED) is 0.646. The summed E-state index contributed by atoms with van der Waals surface area (Å²) < 4.78 is 11.1. The van der Waals surface area contributed by atoms with Gasteiger partial charge in [0.25, 0.3) is 0 Å². The highest BCUT2D eigenvalue weighted by Crippen LogP contribution is 2.26. The van der Waals surface area contributed by atoms with Gasteiger partial charge in [0.1, 0.15) is 6.61 Å². The fourth-order valence-electron chi connectivity index (χ4n) is 1.77. The summed E-state index contributed by atoms with van der Waals surface area (Å²) in [6, 6.07) is 12.4. The van der Waals surface area contributed by atoms with Crippen LogP contribution in [0.1, 0.15) is 11.1 Å². The van der Waals surface area contributed by atoms with Crippen molar-refractivity contribution in [1.82, 2.24) is 0 Å². The van der Waals surface area contributed by atoms with Crippen molar-refractivity contribution in [2.24, 2.45) is 0 Å². The summed E-state index contributed by atoms with van der Waals surface area (Å²) in [7, 11) is 1.47. The molecule has 0 saturated carbocycles. The van der Waals surface area contributed by atoms with Crippen molar-refractivity contribution in [3.05, 3.63) is 64.1 Å². The van der Waals surface area contributed by atoms with Crippen LogP contribution in [0.3, 0.4) is 0 Å². The zero-order valence-corrected chi connectivity index (χ0v) is 13.5. The third-order valence-electron chi connectivity index (χ3n) is 2.94. The number of esters is 1. The first-order valence-electron chi connectivity index (χ1n) is 6.55. The van der Waals surface area contributed by atoms with E-state index in [0.29, 0.717) is 5.75 Å². The van der Waals surface area contributed by atoms with Gasteiger partial charge in [0.2, 0.25) is 0 Å². The van der Waals surface area contributed by atoms with Crippen LogP contribution in [0.5, 0.6) is 11.5 Å². The van der Waals surface area contributed by atoms with Gasteiger partial charge in [-0.1, -0.05) is 40.2 Å². The molecule has 0 aliphatic rings. The Kier molecular flexibility index (Phi) is 5.61. The second kappa shape index (κ2) is 7.66. The van der Waals surface area contributed by atoms with Gasteiger partial charge in [-0.25, -0.2) is 4.79 Å². The number of benzene rings is 2. The Labute approximate surface area is 137 Å². The monoisotopic (exact) mass is 362 g/mol. The molecule has 0 aliphatic heterocycles. The van der Waals surface area contributed by atoms with Crippen LogP contribution in [0.15, 0.2) is 53.0 Å². The number of phenols is 1. The molecule has 2 rings (SSSR count). The van der Waals surface area contributed by atoms with E-state index in [0.717, 1.165) is 15.6 Å². The van der Waals surface area contributed by atoms with E-state index in [1.165, 1.54) is 19.3 Å². The number of ether oxygens (including phenoxy) is 2. The number of methoxy groups -OCH3 is 1. The van der Waals surface area contributed by atoms with Crippen LogP contribution in [-0.4, -0.2) is 18.2 Å². The Morgan fingerprint density at radius 1 is 1.27 bits per heavy atom. The molecule has 22 heavy (non-hydrogen) atoms. The minimum Gasteiger partial charge on any atom is -0.504 e. The third kappa shape index (κ3) is 4.36. The van der Waals surface area contributed by atoms with Crippen LogP contribution >= 0.6 is 15.9 Å². The van der Waals surface area contributed by atoms with Gasteiger partial charge < -0.3 is 14.6 Å². The lowest BCUT2D eigenvalue weighted by Gasteiger charge is -2.05. The van der Waals surface area contributed by atoms with Crippen molar-refractivity contribution in [2.45, 2.75) is 6.61 Å². The molecule has 0 amide bonds. The van der Waals surface area contributed by atoms with E-state index in [-0.39, 0.29) is 12.4 Å². The van der Waals surface area contributed by atoms with Crippen molar-refractivity contribution in [2.75, 3.05) is 7.11 Å². The van der Waals surface area contributed by atoms with Crippen LogP contribution < -0.4 is 4.74 Å². The molecule has 2 aromatic carbocycles. The molecule has 114 valence electrons. The maximum absolute atomic E-state index is 11.7. The molecule has 2 aromatic rings. The Hall–Kier alpha value is -2.27. The van der Waals surface area contributed by atoms with Crippen molar-refractivity contribution >= 4 is 28.0 Å². The lowest BCUT2D eigenvalue weighted by atomic mass is 10.2. The normalized spacial score (nSPS) is 10.6. The van der Waals surface area contributed by atoms with E-state index in [1.54, 1.807) is 18.2 Å². The maximum atomic E-state index is 11.7. The summed E-state index contributed by atoms with van der Waals surface area (Å²) >= 11 is 3.40. The summed E-state index contributed by atoms with van der Waals surface area (Å²) in [6.07, 6.45) is 2.94. The highest BCUT2D eigenvalue weighted by molar-refractivity contribution is 9.10. The molecule has 0 radical (unpaired) electrons. The molecule has 0 heterocycles. The smallest absolute Gasteiger partial charge is 0.331 e. The highest BCUT2D eigenvalue weighted by Gasteiger charge is 2.03. The first kappa shape index (κ1) is 16.1. The van der Waals surface area contributed by atoms with Gasteiger partial charge in [0.15, 0.2) is 11.5 Å². The zero-order chi connectivity index (χ0) is 15.9. The van der Waals surface area contributed by atoms with E-state index >= 15 is 0 Å². The van der Waals surface area contributed by atoms with Crippen LogP contribution in [0.4, 0.5) is 0 Å². The first-order chi connectivity index (χ1) is 10.6. The van der Waals surface area contributed by atoms with Crippen LogP contribution in [0.2, 0.25) is 0 Å². The van der Waals surface area contributed by atoms with Gasteiger partial charge in [-0.15, -0.1) is 0 Å². The molecular weight excluding hydrogens is 348 g/mol. The Morgan fingerprint density at radius 3 is 2.77 bits per heavy atom. The lowest BCUT2D eigenvalue weighted by Crippen LogP contribution is -2.01. The van der Waals surface area contributed by atoms with Crippen molar-refractivity contribution in [3.8, 4) is 11.5 Å². The fraction of sp³-hybridized carbons (Fsp3) is 0.118. The van der Waals surface area contributed by atoms with Gasteiger partial charge in [0.05, 0.1) is 7.11 Å². The molecule has 1 N–H and O–H groups in total. The Bertz CT molecular complexity index is 695. The molecular formula is C17H15BrO4. The minimum atomic E-state index is -0.442. The van der Waals surface area contributed by atoms with Crippen molar-refractivity contribution in [1.29, 1.82) is 0 Å². The molecule has 0 atom stereocenters. The molecule has 0 aliphatic carbocycles.